The van der Waals surface area contributed by atoms with Gasteiger partial charge in [-0.25, -0.2) is 9.59 Å². The van der Waals surface area contributed by atoms with E-state index in [1.54, 1.807) is 7.11 Å². The molecule has 0 saturated carbocycles. The SMILES string of the molecule is COc1ccc(C(CC(C)(N)/C(=C\C(=O)O)C(=O)O)c2ccccc2)cc1. The normalized spacial score (nSPS) is 14.9. The first kappa shape index (κ1) is 20.2. The molecule has 0 aliphatic carbocycles. The van der Waals surface area contributed by atoms with Gasteiger partial charge in [0, 0.05) is 17.5 Å². The number of carboxylic acid groups (broad SMARTS) is 2. The Morgan fingerprint density at radius 1 is 1.07 bits per heavy atom. The lowest BCUT2D eigenvalue weighted by molar-refractivity contribution is -0.135. The molecule has 4 N–H and O–H groups in total. The van der Waals surface area contributed by atoms with Crippen molar-refractivity contribution in [3.8, 4) is 5.75 Å². The van der Waals surface area contributed by atoms with E-state index in [0.717, 1.165) is 11.1 Å². The van der Waals surface area contributed by atoms with Crippen molar-refractivity contribution in [2.75, 3.05) is 7.11 Å². The molecule has 0 aliphatic heterocycles. The molecule has 2 atom stereocenters. The van der Waals surface area contributed by atoms with Crippen molar-refractivity contribution in [3.63, 3.8) is 0 Å². The molecule has 0 bridgehead atoms. The van der Waals surface area contributed by atoms with E-state index < -0.39 is 17.5 Å². The molecule has 6 heteroatoms. The maximum absolute atomic E-state index is 11.6. The largest absolute Gasteiger partial charge is 0.497 e. The van der Waals surface area contributed by atoms with E-state index in [1.165, 1.54) is 6.92 Å². The van der Waals surface area contributed by atoms with Gasteiger partial charge in [0.1, 0.15) is 5.75 Å². The van der Waals surface area contributed by atoms with Crippen LogP contribution in [0.1, 0.15) is 30.4 Å². The zero-order valence-corrected chi connectivity index (χ0v) is 15.3. The van der Waals surface area contributed by atoms with Crippen molar-refractivity contribution in [1.29, 1.82) is 0 Å². The number of hydrogen-bond donors (Lipinski definition) is 3. The second-order valence-corrected chi connectivity index (χ2v) is 6.56. The molecule has 142 valence electrons. The number of rotatable bonds is 8. The summed E-state index contributed by atoms with van der Waals surface area (Å²) < 4.78 is 5.19. The van der Waals surface area contributed by atoms with Crippen LogP contribution in [0.4, 0.5) is 0 Å². The zero-order valence-electron chi connectivity index (χ0n) is 15.3. The molecule has 0 saturated heterocycles. The molecule has 6 nitrogen and oxygen atoms in total. The topological polar surface area (TPSA) is 110 Å². The van der Waals surface area contributed by atoms with Gasteiger partial charge in [0.25, 0.3) is 0 Å². The predicted molar refractivity (Wildman–Crippen MR) is 102 cm³/mol. The highest BCUT2D eigenvalue weighted by atomic mass is 16.5. The highest BCUT2D eigenvalue weighted by Gasteiger charge is 2.34. The first-order valence-corrected chi connectivity index (χ1v) is 8.41. The van der Waals surface area contributed by atoms with Crippen LogP contribution in [0.5, 0.6) is 5.75 Å². The van der Waals surface area contributed by atoms with Crippen molar-refractivity contribution >= 4 is 11.9 Å². The number of methoxy groups -OCH3 is 1. The lowest BCUT2D eigenvalue weighted by atomic mass is 9.77. The van der Waals surface area contributed by atoms with Gasteiger partial charge >= 0.3 is 11.9 Å². The van der Waals surface area contributed by atoms with Gasteiger partial charge in [-0.15, -0.1) is 0 Å². The highest BCUT2D eigenvalue weighted by molar-refractivity contribution is 5.96. The third-order valence-electron chi connectivity index (χ3n) is 4.46. The van der Waals surface area contributed by atoms with E-state index in [4.69, 9.17) is 15.6 Å². The van der Waals surface area contributed by atoms with Crippen molar-refractivity contribution < 1.29 is 24.5 Å². The van der Waals surface area contributed by atoms with Crippen molar-refractivity contribution in [1.82, 2.24) is 0 Å². The minimum absolute atomic E-state index is 0.217. The number of nitrogens with two attached hydrogens (primary N) is 1. The smallest absolute Gasteiger partial charge is 0.333 e. The number of carboxylic acids is 2. The van der Waals surface area contributed by atoms with E-state index in [9.17, 15) is 14.7 Å². The van der Waals surface area contributed by atoms with Gasteiger partial charge in [0.15, 0.2) is 0 Å². The first-order valence-electron chi connectivity index (χ1n) is 8.41. The summed E-state index contributed by atoms with van der Waals surface area (Å²) in [5, 5.41) is 18.5. The van der Waals surface area contributed by atoms with Crippen LogP contribution in [0.25, 0.3) is 0 Å². The van der Waals surface area contributed by atoms with E-state index in [0.29, 0.717) is 11.8 Å². The van der Waals surface area contributed by atoms with Crippen molar-refractivity contribution in [2.24, 2.45) is 5.73 Å². The molecule has 0 spiro atoms. The van der Waals surface area contributed by atoms with Gasteiger partial charge < -0.3 is 20.7 Å². The fourth-order valence-electron chi connectivity index (χ4n) is 3.08. The van der Waals surface area contributed by atoms with Gasteiger partial charge in [-0.2, -0.15) is 0 Å². The number of aliphatic carboxylic acids is 2. The van der Waals surface area contributed by atoms with Gasteiger partial charge in [0.2, 0.25) is 0 Å². The number of carbonyl (C=O) groups is 2. The Kier molecular flexibility index (Phi) is 6.36. The Labute approximate surface area is 157 Å². The van der Waals surface area contributed by atoms with E-state index in [-0.39, 0.29) is 17.9 Å². The van der Waals surface area contributed by atoms with Crippen LogP contribution < -0.4 is 10.5 Å². The van der Waals surface area contributed by atoms with Crippen LogP contribution in [0, 0.1) is 0 Å². The lowest BCUT2D eigenvalue weighted by Crippen LogP contribution is -2.43. The van der Waals surface area contributed by atoms with Crippen LogP contribution in [0.2, 0.25) is 0 Å². The Morgan fingerprint density at radius 2 is 1.63 bits per heavy atom. The summed E-state index contributed by atoms with van der Waals surface area (Å²) >= 11 is 0. The lowest BCUT2D eigenvalue weighted by Gasteiger charge is -2.31. The van der Waals surface area contributed by atoms with E-state index >= 15 is 0 Å². The molecular weight excluding hydrogens is 346 g/mol. The summed E-state index contributed by atoms with van der Waals surface area (Å²) in [6.45, 7) is 1.54. The van der Waals surface area contributed by atoms with E-state index in [2.05, 4.69) is 0 Å². The quantitative estimate of drug-likeness (QED) is 0.617. The average Bonchev–Trinajstić information content (AvgIpc) is 2.64. The van der Waals surface area contributed by atoms with Gasteiger partial charge in [-0.3, -0.25) is 0 Å². The highest BCUT2D eigenvalue weighted by Crippen LogP contribution is 2.35. The fourth-order valence-corrected chi connectivity index (χ4v) is 3.08. The van der Waals surface area contributed by atoms with Crippen LogP contribution in [-0.4, -0.2) is 34.8 Å². The molecule has 2 unspecified atom stereocenters. The van der Waals surface area contributed by atoms with Crippen LogP contribution in [0.3, 0.4) is 0 Å². The minimum Gasteiger partial charge on any atom is -0.497 e. The first-order chi connectivity index (χ1) is 12.7. The maximum atomic E-state index is 11.6. The molecule has 2 aromatic carbocycles. The summed E-state index contributed by atoms with van der Waals surface area (Å²) in [5.41, 5.74) is 6.49. The predicted octanol–water partition coefficient (Wildman–Crippen LogP) is 3.03. The molecule has 0 amide bonds. The number of benzene rings is 2. The molecule has 0 fully saturated rings. The summed E-state index contributed by atoms with van der Waals surface area (Å²) in [4.78, 5) is 22.6. The summed E-state index contributed by atoms with van der Waals surface area (Å²) in [6.07, 6.45) is 0.882. The molecule has 0 aromatic heterocycles. The van der Waals surface area contributed by atoms with Gasteiger partial charge in [0.05, 0.1) is 12.7 Å². The molecule has 2 rings (SSSR count). The summed E-state index contributed by atoms with van der Waals surface area (Å²) in [7, 11) is 1.58. The van der Waals surface area contributed by atoms with Crippen molar-refractivity contribution in [2.45, 2.75) is 24.8 Å². The van der Waals surface area contributed by atoms with Gasteiger partial charge in [-0.05, 0) is 36.6 Å². The number of ether oxygens (including phenoxy) is 1. The van der Waals surface area contributed by atoms with Crippen LogP contribution in [0.15, 0.2) is 66.2 Å². The monoisotopic (exact) mass is 369 g/mol. The van der Waals surface area contributed by atoms with Crippen LogP contribution >= 0.6 is 0 Å². The molecule has 0 radical (unpaired) electrons. The third kappa shape index (κ3) is 5.18. The molecule has 0 aliphatic rings. The summed E-state index contributed by atoms with van der Waals surface area (Å²) in [6, 6.07) is 17.0. The second-order valence-electron chi connectivity index (χ2n) is 6.56. The van der Waals surface area contributed by atoms with Gasteiger partial charge in [-0.1, -0.05) is 42.5 Å². The Hall–Kier alpha value is -3.12. The summed E-state index contributed by atoms with van der Waals surface area (Å²) in [5.74, 6) is -2.20. The fraction of sp³-hybridized carbons (Fsp3) is 0.238. The molecular formula is C21H23NO5. The molecule has 2 aromatic rings. The Morgan fingerprint density at radius 3 is 2.11 bits per heavy atom. The van der Waals surface area contributed by atoms with Crippen LogP contribution in [-0.2, 0) is 9.59 Å². The third-order valence-corrected chi connectivity index (χ3v) is 4.46. The molecule has 27 heavy (non-hydrogen) atoms. The zero-order chi connectivity index (χ0) is 20.0. The van der Waals surface area contributed by atoms with Crippen molar-refractivity contribution in [3.05, 3.63) is 77.4 Å². The average molecular weight is 369 g/mol. The van der Waals surface area contributed by atoms with E-state index in [1.807, 2.05) is 54.6 Å². The minimum atomic E-state index is -1.36. The Balaban J connectivity index is 2.47. The molecule has 0 heterocycles. The standard InChI is InChI=1S/C21H23NO5/c1-21(22,18(20(25)26)12-19(23)24)13-17(14-6-4-3-5-7-14)15-8-10-16(27-2)11-9-15/h3-12,17H,13,22H2,1-2H3,(H,23,24)(H,25,26)/b18-12-. The number of hydrogen-bond acceptors (Lipinski definition) is 4. The maximum Gasteiger partial charge on any atom is 0.333 e. The second kappa shape index (κ2) is 8.51. The Bertz CT molecular complexity index is 825.